The number of anilines is 1. The number of hydrogen-bond acceptors (Lipinski definition) is 6. The zero-order valence-corrected chi connectivity index (χ0v) is 14.6. The molecule has 136 valence electrons. The third-order valence-electron chi connectivity index (χ3n) is 4.38. The third-order valence-corrected chi connectivity index (χ3v) is 4.38. The van der Waals surface area contributed by atoms with E-state index < -0.39 is 29.8 Å². The number of nitrogens with one attached hydrogen (secondary N) is 2. The molecule has 1 atom stereocenters. The van der Waals surface area contributed by atoms with Gasteiger partial charge in [-0.15, -0.1) is 0 Å². The van der Waals surface area contributed by atoms with Crippen molar-refractivity contribution in [3.63, 3.8) is 0 Å². The minimum absolute atomic E-state index is 0.237. The highest BCUT2D eigenvalue weighted by atomic mass is 16.2. The summed E-state index contributed by atoms with van der Waals surface area (Å²) >= 11 is 0. The SMILES string of the molecule is CC(=O)N1N=C(C2C(=O)NC(=O)NC2=O)CC1c1ccc(N(C)C)cc1. The van der Waals surface area contributed by atoms with Crippen molar-refractivity contribution >= 4 is 35.2 Å². The second-order valence-electron chi connectivity index (χ2n) is 6.40. The highest BCUT2D eigenvalue weighted by Gasteiger charge is 2.43. The number of barbiturate groups is 1. The zero-order valence-electron chi connectivity index (χ0n) is 14.6. The monoisotopic (exact) mass is 357 g/mol. The van der Waals surface area contributed by atoms with Crippen LogP contribution in [-0.2, 0) is 14.4 Å². The van der Waals surface area contributed by atoms with E-state index in [9.17, 15) is 19.2 Å². The number of nitrogens with zero attached hydrogens (tertiary/aromatic N) is 3. The van der Waals surface area contributed by atoms with E-state index in [-0.39, 0.29) is 18.0 Å². The van der Waals surface area contributed by atoms with Gasteiger partial charge in [0.2, 0.25) is 17.7 Å². The molecule has 5 amide bonds. The molecule has 2 heterocycles. The summed E-state index contributed by atoms with van der Waals surface area (Å²) in [6.07, 6.45) is 0.237. The van der Waals surface area contributed by atoms with Gasteiger partial charge in [-0.05, 0) is 17.7 Å². The summed E-state index contributed by atoms with van der Waals surface area (Å²) in [5, 5.41) is 9.60. The number of imide groups is 2. The van der Waals surface area contributed by atoms with Crippen molar-refractivity contribution in [3.05, 3.63) is 29.8 Å². The van der Waals surface area contributed by atoms with Crippen LogP contribution in [0.4, 0.5) is 10.5 Å². The average molecular weight is 357 g/mol. The fraction of sp³-hybridized carbons (Fsp3) is 0.353. The van der Waals surface area contributed by atoms with Crippen molar-refractivity contribution in [2.45, 2.75) is 19.4 Å². The van der Waals surface area contributed by atoms with Crippen LogP contribution in [0.3, 0.4) is 0 Å². The van der Waals surface area contributed by atoms with Crippen LogP contribution in [-0.4, -0.2) is 48.6 Å². The normalized spacial score (nSPS) is 20.6. The second kappa shape index (κ2) is 6.58. The van der Waals surface area contributed by atoms with Crippen LogP contribution in [0.2, 0.25) is 0 Å². The van der Waals surface area contributed by atoms with Gasteiger partial charge in [0, 0.05) is 33.1 Å². The molecule has 1 saturated heterocycles. The van der Waals surface area contributed by atoms with E-state index in [1.54, 1.807) is 0 Å². The van der Waals surface area contributed by atoms with Gasteiger partial charge in [-0.3, -0.25) is 25.0 Å². The van der Waals surface area contributed by atoms with E-state index in [4.69, 9.17) is 0 Å². The summed E-state index contributed by atoms with van der Waals surface area (Å²) in [4.78, 5) is 49.3. The predicted octanol–water partition coefficient (Wildman–Crippen LogP) is 0.384. The Morgan fingerprint density at radius 2 is 1.69 bits per heavy atom. The average Bonchev–Trinajstić information content (AvgIpc) is 2.99. The molecule has 9 heteroatoms. The molecular weight excluding hydrogens is 338 g/mol. The Bertz CT molecular complexity index is 795. The number of hydrogen-bond donors (Lipinski definition) is 2. The van der Waals surface area contributed by atoms with E-state index in [1.807, 2.05) is 43.3 Å². The quantitative estimate of drug-likeness (QED) is 0.760. The van der Waals surface area contributed by atoms with Gasteiger partial charge in [-0.25, -0.2) is 9.80 Å². The smallest absolute Gasteiger partial charge is 0.328 e. The minimum atomic E-state index is -1.22. The molecule has 2 N–H and O–H groups in total. The molecule has 2 aliphatic rings. The van der Waals surface area contributed by atoms with Gasteiger partial charge < -0.3 is 4.90 Å². The predicted molar refractivity (Wildman–Crippen MR) is 93.3 cm³/mol. The van der Waals surface area contributed by atoms with Crippen molar-refractivity contribution in [2.24, 2.45) is 11.0 Å². The van der Waals surface area contributed by atoms with Crippen molar-refractivity contribution in [1.82, 2.24) is 15.6 Å². The molecule has 0 aromatic heterocycles. The number of benzene rings is 1. The Hall–Kier alpha value is -3.23. The Morgan fingerprint density at radius 3 is 2.19 bits per heavy atom. The molecule has 0 spiro atoms. The Kier molecular flexibility index (Phi) is 4.45. The van der Waals surface area contributed by atoms with Gasteiger partial charge in [0.05, 0.1) is 11.8 Å². The topological polar surface area (TPSA) is 111 Å². The van der Waals surface area contributed by atoms with Crippen LogP contribution in [0.5, 0.6) is 0 Å². The zero-order chi connectivity index (χ0) is 19.0. The lowest BCUT2D eigenvalue weighted by atomic mass is 9.92. The first-order chi connectivity index (χ1) is 12.3. The van der Waals surface area contributed by atoms with E-state index in [1.165, 1.54) is 11.9 Å². The fourth-order valence-corrected chi connectivity index (χ4v) is 3.07. The van der Waals surface area contributed by atoms with Gasteiger partial charge >= 0.3 is 6.03 Å². The Balaban J connectivity index is 1.88. The lowest BCUT2D eigenvalue weighted by Crippen LogP contribution is -2.57. The van der Waals surface area contributed by atoms with Crippen LogP contribution < -0.4 is 15.5 Å². The maximum absolute atomic E-state index is 12.1. The summed E-state index contributed by atoms with van der Waals surface area (Å²) in [5.74, 6) is -2.98. The number of rotatable bonds is 3. The summed E-state index contributed by atoms with van der Waals surface area (Å²) in [5.41, 5.74) is 2.11. The molecule has 1 aromatic rings. The summed E-state index contributed by atoms with van der Waals surface area (Å²) in [7, 11) is 3.85. The van der Waals surface area contributed by atoms with E-state index >= 15 is 0 Å². The third kappa shape index (κ3) is 3.15. The molecule has 26 heavy (non-hydrogen) atoms. The highest BCUT2D eigenvalue weighted by molar-refractivity contribution is 6.28. The lowest BCUT2D eigenvalue weighted by Gasteiger charge is -2.22. The molecule has 2 aliphatic heterocycles. The number of carbonyl (C=O) groups is 4. The number of amides is 5. The Morgan fingerprint density at radius 1 is 1.12 bits per heavy atom. The molecule has 0 bridgehead atoms. The first kappa shape index (κ1) is 17.6. The number of urea groups is 1. The standard InChI is InChI=1S/C17H19N5O4/c1-9(23)22-13(10-4-6-11(7-5-10)21(2)3)8-12(20-22)14-15(24)18-17(26)19-16(14)25/h4-7,13-14H,8H2,1-3H3,(H2,18,19,24,25,26). The van der Waals surface area contributed by atoms with Crippen LogP contribution in [0, 0.1) is 5.92 Å². The Labute approximate surface area is 150 Å². The summed E-state index contributed by atoms with van der Waals surface area (Å²) in [6.45, 7) is 1.37. The summed E-state index contributed by atoms with van der Waals surface area (Å²) in [6, 6.07) is 6.36. The van der Waals surface area contributed by atoms with E-state index in [2.05, 4.69) is 15.7 Å². The maximum atomic E-state index is 12.1. The fourth-order valence-electron chi connectivity index (χ4n) is 3.07. The molecule has 9 nitrogen and oxygen atoms in total. The van der Waals surface area contributed by atoms with Gasteiger partial charge in [0.15, 0.2) is 5.92 Å². The first-order valence-electron chi connectivity index (χ1n) is 8.08. The van der Waals surface area contributed by atoms with E-state index in [0.717, 1.165) is 11.3 Å². The van der Waals surface area contributed by atoms with Crippen molar-refractivity contribution in [1.29, 1.82) is 0 Å². The van der Waals surface area contributed by atoms with Crippen molar-refractivity contribution in [3.8, 4) is 0 Å². The molecule has 1 aromatic carbocycles. The highest BCUT2D eigenvalue weighted by Crippen LogP contribution is 2.34. The van der Waals surface area contributed by atoms with Gasteiger partial charge in [0.1, 0.15) is 0 Å². The first-order valence-corrected chi connectivity index (χ1v) is 8.08. The maximum Gasteiger partial charge on any atom is 0.328 e. The minimum Gasteiger partial charge on any atom is -0.378 e. The van der Waals surface area contributed by atoms with E-state index in [0.29, 0.717) is 0 Å². The van der Waals surface area contributed by atoms with Gasteiger partial charge in [-0.1, -0.05) is 12.1 Å². The molecule has 1 fully saturated rings. The van der Waals surface area contributed by atoms with Crippen molar-refractivity contribution in [2.75, 3.05) is 19.0 Å². The summed E-state index contributed by atoms with van der Waals surface area (Å²) < 4.78 is 0. The van der Waals surface area contributed by atoms with Crippen LogP contribution in [0.25, 0.3) is 0 Å². The number of hydrazone groups is 1. The van der Waals surface area contributed by atoms with Crippen LogP contribution in [0.15, 0.2) is 29.4 Å². The molecule has 0 radical (unpaired) electrons. The van der Waals surface area contributed by atoms with Gasteiger partial charge in [-0.2, -0.15) is 5.10 Å². The molecule has 3 rings (SSSR count). The van der Waals surface area contributed by atoms with Crippen LogP contribution >= 0.6 is 0 Å². The lowest BCUT2D eigenvalue weighted by molar-refractivity contribution is -0.133. The van der Waals surface area contributed by atoms with Crippen LogP contribution in [0.1, 0.15) is 24.9 Å². The number of carbonyl (C=O) groups excluding carboxylic acids is 4. The molecule has 0 aliphatic carbocycles. The molecular formula is C17H19N5O4. The van der Waals surface area contributed by atoms with Crippen molar-refractivity contribution < 1.29 is 19.2 Å². The molecule has 1 unspecified atom stereocenters. The largest absolute Gasteiger partial charge is 0.378 e. The second-order valence-corrected chi connectivity index (χ2v) is 6.40. The molecule has 0 saturated carbocycles. The van der Waals surface area contributed by atoms with Gasteiger partial charge in [0.25, 0.3) is 0 Å².